The van der Waals surface area contributed by atoms with Crippen molar-refractivity contribution in [1.29, 1.82) is 0 Å². The summed E-state index contributed by atoms with van der Waals surface area (Å²) in [5, 5.41) is 20.4. The van der Waals surface area contributed by atoms with Crippen molar-refractivity contribution >= 4 is 5.69 Å². The fourth-order valence-electron chi connectivity index (χ4n) is 0.575. The highest BCUT2D eigenvalue weighted by Crippen LogP contribution is 1.96. The van der Waals surface area contributed by atoms with Crippen molar-refractivity contribution in [2.45, 2.75) is 0 Å². The average Bonchev–Trinajstić information content (AvgIpc) is 1.96. The molecule has 0 atom stereocenters. The van der Waals surface area contributed by atoms with Gasteiger partial charge in [-0.3, -0.25) is 19.9 Å². The van der Waals surface area contributed by atoms with Gasteiger partial charge < -0.3 is 9.94 Å². The van der Waals surface area contributed by atoms with E-state index in [9.17, 15) is 24.9 Å². The van der Waals surface area contributed by atoms with E-state index in [1.807, 2.05) is 0 Å². The molecule has 0 spiro atoms. The highest BCUT2D eigenvalue weighted by atomic mass is 16.6. The van der Waals surface area contributed by atoms with E-state index in [1.54, 1.807) is 0 Å². The lowest BCUT2D eigenvalue weighted by molar-refractivity contribution is -0.386. The van der Waals surface area contributed by atoms with Gasteiger partial charge in [0.25, 0.3) is 0 Å². The summed E-state index contributed by atoms with van der Waals surface area (Å²) in [6.45, 7) is 0. The van der Waals surface area contributed by atoms with E-state index in [-0.39, 0.29) is 4.73 Å². The zero-order chi connectivity index (χ0) is 9.30. The minimum absolute atomic E-state index is 0.320. The number of nitro groups is 1. The van der Waals surface area contributed by atoms with Gasteiger partial charge in [0.2, 0.25) is 0 Å². The first-order chi connectivity index (χ1) is 5.52. The molecule has 0 amide bonds. The number of hydrogen-bond donors (Lipinski definition) is 1. The number of nitrogens with zero attached hydrogens (tertiary/aromatic N) is 2. The molecule has 0 saturated carbocycles. The van der Waals surface area contributed by atoms with Gasteiger partial charge >= 0.3 is 16.9 Å². The third-order valence-corrected chi connectivity index (χ3v) is 1.09. The zero-order valence-electron chi connectivity index (χ0n) is 5.51. The quantitative estimate of drug-likeness (QED) is 0.420. The van der Waals surface area contributed by atoms with E-state index in [0.717, 1.165) is 0 Å². The Labute approximate surface area is 63.8 Å². The molecule has 64 valence electrons. The van der Waals surface area contributed by atoms with Gasteiger partial charge in [0, 0.05) is 0 Å². The molecule has 0 bridgehead atoms. The minimum atomic E-state index is -1.23. The van der Waals surface area contributed by atoms with Gasteiger partial charge in [0.05, 0.1) is 11.1 Å². The number of aromatic nitrogens is 2. The van der Waals surface area contributed by atoms with Crippen molar-refractivity contribution in [3.8, 4) is 0 Å². The SMILES string of the molecule is O=c1[nH]c(=O)n([O-])cc1[N+](=O)[O-]. The van der Waals surface area contributed by atoms with E-state index < -0.39 is 21.9 Å². The molecule has 0 aromatic carbocycles. The molecule has 0 radical (unpaired) electrons. The molecule has 0 saturated heterocycles. The second-order valence-electron chi connectivity index (χ2n) is 1.86. The van der Waals surface area contributed by atoms with Gasteiger partial charge in [-0.15, -0.1) is 0 Å². The summed E-state index contributed by atoms with van der Waals surface area (Å²) in [6.07, 6.45) is 0.321. The van der Waals surface area contributed by atoms with Gasteiger partial charge in [-0.05, 0) is 0 Å². The Morgan fingerprint density at radius 1 is 1.50 bits per heavy atom. The van der Waals surface area contributed by atoms with Crippen molar-refractivity contribution in [2.24, 2.45) is 0 Å². The Hall–Kier alpha value is -2.12. The maximum Gasteiger partial charge on any atom is 0.349 e. The molecule has 8 heteroatoms. The second kappa shape index (κ2) is 2.49. The van der Waals surface area contributed by atoms with E-state index in [1.165, 1.54) is 4.98 Å². The van der Waals surface area contributed by atoms with Crippen molar-refractivity contribution in [1.82, 2.24) is 9.71 Å². The predicted octanol–water partition coefficient (Wildman–Crippen LogP) is -1.21. The van der Waals surface area contributed by atoms with Gasteiger partial charge in [0.1, 0.15) is 0 Å². The first-order valence-corrected chi connectivity index (χ1v) is 2.70. The monoisotopic (exact) mass is 172 g/mol. The summed E-state index contributed by atoms with van der Waals surface area (Å²) in [4.78, 5) is 31.4. The van der Waals surface area contributed by atoms with Gasteiger partial charge in [-0.25, -0.2) is 4.79 Å². The standard InChI is InChI=1S/C4H2N3O5/c8-3-2(7(11)12)1-6(10)4(9)5-3/h1H,(H,5,8,9)/q-1. The fourth-order valence-corrected chi connectivity index (χ4v) is 0.575. The summed E-state index contributed by atoms with van der Waals surface area (Å²) >= 11 is 0. The molecule has 0 aliphatic carbocycles. The van der Waals surface area contributed by atoms with E-state index in [0.29, 0.717) is 6.20 Å². The number of H-pyrrole nitrogens is 1. The van der Waals surface area contributed by atoms with Crippen molar-refractivity contribution in [2.75, 3.05) is 0 Å². The molecule has 1 rings (SSSR count). The summed E-state index contributed by atoms with van der Waals surface area (Å²) in [5.74, 6) is 0. The number of aromatic amines is 1. The molecule has 1 aromatic heterocycles. The lowest BCUT2D eigenvalue weighted by Gasteiger charge is -2.04. The number of hydrogen-bond acceptors (Lipinski definition) is 5. The molecular weight excluding hydrogens is 170 g/mol. The highest BCUT2D eigenvalue weighted by molar-refractivity contribution is 5.20. The smallest absolute Gasteiger partial charge is 0.349 e. The van der Waals surface area contributed by atoms with E-state index in [2.05, 4.69) is 0 Å². The third kappa shape index (κ3) is 1.17. The van der Waals surface area contributed by atoms with Crippen LogP contribution in [0.4, 0.5) is 5.69 Å². The molecule has 0 fully saturated rings. The van der Waals surface area contributed by atoms with Crippen LogP contribution in [0.2, 0.25) is 0 Å². The maximum absolute atomic E-state index is 10.6. The Morgan fingerprint density at radius 3 is 2.58 bits per heavy atom. The molecule has 1 N–H and O–H groups in total. The molecule has 12 heavy (non-hydrogen) atoms. The molecule has 0 aliphatic heterocycles. The predicted molar refractivity (Wildman–Crippen MR) is 36.7 cm³/mol. The van der Waals surface area contributed by atoms with Crippen molar-refractivity contribution in [3.05, 3.63) is 42.4 Å². The Balaban J connectivity index is 3.54. The normalized spacial score (nSPS) is 9.67. The van der Waals surface area contributed by atoms with Crippen LogP contribution in [0, 0.1) is 15.3 Å². The largest absolute Gasteiger partial charge is 0.802 e. The fraction of sp³-hybridized carbons (Fsp3) is 0. The van der Waals surface area contributed by atoms with Gasteiger partial charge in [-0.2, -0.15) is 0 Å². The van der Waals surface area contributed by atoms with Crippen LogP contribution in [0.3, 0.4) is 0 Å². The summed E-state index contributed by atoms with van der Waals surface area (Å²) < 4.78 is -0.320. The van der Waals surface area contributed by atoms with Crippen molar-refractivity contribution in [3.63, 3.8) is 0 Å². The van der Waals surface area contributed by atoms with E-state index in [4.69, 9.17) is 0 Å². The Bertz CT molecular complexity index is 429. The third-order valence-electron chi connectivity index (χ3n) is 1.09. The van der Waals surface area contributed by atoms with Crippen LogP contribution < -0.4 is 11.2 Å². The molecule has 1 heterocycles. The van der Waals surface area contributed by atoms with Crippen LogP contribution in [-0.2, 0) is 0 Å². The number of rotatable bonds is 1. The minimum Gasteiger partial charge on any atom is -0.802 e. The summed E-state index contributed by atoms with van der Waals surface area (Å²) in [5.41, 5.74) is -3.37. The molecule has 0 unspecified atom stereocenters. The molecular formula is C4H2N3O5-. The lowest BCUT2D eigenvalue weighted by Crippen LogP contribution is -2.28. The molecule has 8 nitrogen and oxygen atoms in total. The first kappa shape index (κ1) is 7.98. The topological polar surface area (TPSA) is 121 Å². The van der Waals surface area contributed by atoms with Crippen LogP contribution in [0.5, 0.6) is 0 Å². The Morgan fingerprint density at radius 2 is 2.08 bits per heavy atom. The van der Waals surface area contributed by atoms with Crippen LogP contribution in [0.25, 0.3) is 0 Å². The first-order valence-electron chi connectivity index (χ1n) is 2.70. The van der Waals surface area contributed by atoms with E-state index >= 15 is 0 Å². The lowest BCUT2D eigenvalue weighted by atomic mass is 10.5. The Kier molecular flexibility index (Phi) is 1.66. The molecule has 0 aliphatic rings. The highest BCUT2D eigenvalue weighted by Gasteiger charge is 2.11. The maximum atomic E-state index is 10.6. The summed E-state index contributed by atoms with van der Waals surface area (Å²) in [6, 6.07) is 0. The van der Waals surface area contributed by atoms with Crippen LogP contribution in [0.15, 0.2) is 15.8 Å². The summed E-state index contributed by atoms with van der Waals surface area (Å²) in [7, 11) is 0. The van der Waals surface area contributed by atoms with Crippen molar-refractivity contribution < 1.29 is 4.92 Å². The second-order valence-corrected chi connectivity index (χ2v) is 1.86. The van der Waals surface area contributed by atoms with Crippen LogP contribution in [-0.4, -0.2) is 14.6 Å². The number of nitrogens with one attached hydrogen (secondary N) is 1. The van der Waals surface area contributed by atoms with Crippen LogP contribution in [0.1, 0.15) is 0 Å². The van der Waals surface area contributed by atoms with Gasteiger partial charge in [-0.1, -0.05) is 0 Å². The van der Waals surface area contributed by atoms with Gasteiger partial charge in [0.15, 0.2) is 0 Å². The zero-order valence-corrected chi connectivity index (χ0v) is 5.51. The van der Waals surface area contributed by atoms with Crippen LogP contribution >= 0.6 is 0 Å². The molecule has 1 aromatic rings. The average molecular weight is 172 g/mol.